The Morgan fingerprint density at radius 1 is 0.756 bits per heavy atom. The molecule has 4 aromatic carbocycles. The SMILES string of the molecule is COc1cc(-c2oc3c(OC)c(OC)c(O)c(OC)c3c(=O)c2OS(=O)(=O)c2ccc(C)cc2)ccc1OCc1ccccc1. The van der Waals surface area contributed by atoms with Gasteiger partial charge in [-0.05, 0) is 42.8 Å². The topological polar surface area (TPSA) is 140 Å². The summed E-state index contributed by atoms with van der Waals surface area (Å²) in [6.45, 7) is 2.05. The van der Waals surface area contributed by atoms with Gasteiger partial charge in [-0.15, -0.1) is 0 Å². The average molecular weight is 635 g/mol. The van der Waals surface area contributed by atoms with E-state index in [4.69, 9.17) is 32.3 Å². The van der Waals surface area contributed by atoms with Gasteiger partial charge >= 0.3 is 10.1 Å². The van der Waals surface area contributed by atoms with Crippen LogP contribution in [0.25, 0.3) is 22.3 Å². The minimum absolute atomic E-state index is 0.133. The first-order chi connectivity index (χ1) is 21.6. The van der Waals surface area contributed by atoms with Crippen LogP contribution in [0.5, 0.6) is 40.2 Å². The van der Waals surface area contributed by atoms with Crippen molar-refractivity contribution >= 4 is 21.1 Å². The van der Waals surface area contributed by atoms with Crippen LogP contribution in [-0.4, -0.2) is 42.0 Å². The van der Waals surface area contributed by atoms with Crippen LogP contribution in [0.3, 0.4) is 0 Å². The Morgan fingerprint density at radius 3 is 2.04 bits per heavy atom. The molecule has 0 unspecified atom stereocenters. The second-order valence-corrected chi connectivity index (χ2v) is 11.3. The summed E-state index contributed by atoms with van der Waals surface area (Å²) < 4.78 is 66.3. The minimum Gasteiger partial charge on any atom is -0.502 e. The van der Waals surface area contributed by atoms with Crippen molar-refractivity contribution in [2.24, 2.45) is 0 Å². The lowest BCUT2D eigenvalue weighted by molar-refractivity contribution is 0.284. The molecule has 0 amide bonds. The molecule has 1 heterocycles. The van der Waals surface area contributed by atoms with Crippen molar-refractivity contribution < 1.29 is 45.8 Å². The van der Waals surface area contributed by atoms with Crippen LogP contribution >= 0.6 is 0 Å². The van der Waals surface area contributed by atoms with Crippen molar-refractivity contribution in [3.05, 3.63) is 94.1 Å². The molecule has 0 aliphatic carbocycles. The zero-order chi connectivity index (χ0) is 32.3. The Hall–Kier alpha value is -5.36. The maximum Gasteiger partial charge on any atom is 0.339 e. The van der Waals surface area contributed by atoms with Crippen LogP contribution in [0.15, 0.2) is 86.9 Å². The van der Waals surface area contributed by atoms with Crippen molar-refractivity contribution in [3.8, 4) is 51.6 Å². The highest BCUT2D eigenvalue weighted by atomic mass is 32.2. The molecule has 0 radical (unpaired) electrons. The third-order valence-electron chi connectivity index (χ3n) is 6.92. The summed E-state index contributed by atoms with van der Waals surface area (Å²) in [5, 5.41) is 10.5. The van der Waals surface area contributed by atoms with Crippen LogP contribution in [-0.2, 0) is 16.7 Å². The normalized spacial score (nSPS) is 11.2. The molecule has 0 spiro atoms. The summed E-state index contributed by atoms with van der Waals surface area (Å²) in [5.74, 6) is -1.50. The molecule has 1 aromatic heterocycles. The number of hydrogen-bond donors (Lipinski definition) is 1. The summed E-state index contributed by atoms with van der Waals surface area (Å²) in [7, 11) is 0.680. The van der Waals surface area contributed by atoms with Crippen LogP contribution in [0.1, 0.15) is 11.1 Å². The van der Waals surface area contributed by atoms with E-state index in [1.807, 2.05) is 30.3 Å². The largest absolute Gasteiger partial charge is 0.502 e. The van der Waals surface area contributed by atoms with E-state index in [0.29, 0.717) is 5.75 Å². The summed E-state index contributed by atoms with van der Waals surface area (Å²) in [6.07, 6.45) is 0. The minimum atomic E-state index is -4.55. The monoisotopic (exact) mass is 634 g/mol. The zero-order valence-electron chi connectivity index (χ0n) is 25.1. The highest BCUT2D eigenvalue weighted by Gasteiger charge is 2.32. The number of aromatic hydroxyl groups is 1. The van der Waals surface area contributed by atoms with Gasteiger partial charge in [0.25, 0.3) is 0 Å². The van der Waals surface area contributed by atoms with Gasteiger partial charge in [0.05, 0.1) is 28.4 Å². The van der Waals surface area contributed by atoms with Crippen LogP contribution in [0.2, 0.25) is 0 Å². The third kappa shape index (κ3) is 5.92. The smallest absolute Gasteiger partial charge is 0.339 e. The highest BCUT2D eigenvalue weighted by Crippen LogP contribution is 2.51. The maximum atomic E-state index is 14.2. The van der Waals surface area contributed by atoms with Gasteiger partial charge in [0.1, 0.15) is 16.9 Å². The number of phenolic OH excluding ortho intramolecular Hbond substituents is 1. The maximum absolute atomic E-state index is 14.2. The van der Waals surface area contributed by atoms with Crippen molar-refractivity contribution in [2.45, 2.75) is 18.4 Å². The molecular weight excluding hydrogens is 604 g/mol. The molecule has 234 valence electrons. The standard InChI is InChI=1S/C33H30O11S/c1-19-11-14-22(15-12-19)45(36,37)44-32-26(34)25-29(39-3)27(35)31(40-4)33(41-5)30(25)43-28(32)21-13-16-23(24(17-21)38-2)42-18-20-9-7-6-8-10-20/h6-17,35H,18H2,1-5H3. The molecular formula is C33H30O11S. The molecule has 1 N–H and O–H groups in total. The van der Waals surface area contributed by atoms with Crippen molar-refractivity contribution in [2.75, 3.05) is 28.4 Å². The molecule has 0 aliphatic rings. The van der Waals surface area contributed by atoms with E-state index in [1.165, 1.54) is 46.6 Å². The number of fused-ring (bicyclic) bond motifs is 1. The number of benzene rings is 4. The molecule has 0 fully saturated rings. The lowest BCUT2D eigenvalue weighted by Gasteiger charge is -2.18. The van der Waals surface area contributed by atoms with Crippen LogP contribution in [0, 0.1) is 6.92 Å². The predicted octanol–water partition coefficient (Wildman–Crippen LogP) is 5.86. The molecule has 0 aliphatic heterocycles. The van der Waals surface area contributed by atoms with E-state index >= 15 is 0 Å². The molecule has 0 bridgehead atoms. The Labute approximate surface area is 259 Å². The lowest BCUT2D eigenvalue weighted by atomic mass is 10.1. The fourth-order valence-corrected chi connectivity index (χ4v) is 5.62. The Morgan fingerprint density at radius 2 is 1.42 bits per heavy atom. The Balaban J connectivity index is 1.75. The van der Waals surface area contributed by atoms with Crippen LogP contribution in [0.4, 0.5) is 0 Å². The second-order valence-electron chi connectivity index (χ2n) is 9.73. The first kappa shape index (κ1) is 31.1. The summed E-state index contributed by atoms with van der Waals surface area (Å²) in [4.78, 5) is 14.0. The summed E-state index contributed by atoms with van der Waals surface area (Å²) in [5.41, 5.74) is 0.813. The molecule has 0 atom stereocenters. The zero-order valence-corrected chi connectivity index (χ0v) is 25.9. The van der Waals surface area contributed by atoms with Gasteiger partial charge in [-0.1, -0.05) is 48.0 Å². The van der Waals surface area contributed by atoms with Gasteiger partial charge in [0.15, 0.2) is 28.6 Å². The first-order valence-electron chi connectivity index (χ1n) is 13.5. The number of hydrogen-bond acceptors (Lipinski definition) is 11. The van der Waals surface area contributed by atoms with Gasteiger partial charge in [-0.2, -0.15) is 8.42 Å². The Bertz CT molecular complexity index is 2020. The van der Waals surface area contributed by atoms with E-state index in [1.54, 1.807) is 31.2 Å². The van der Waals surface area contributed by atoms with Crippen LogP contribution < -0.4 is 33.3 Å². The highest BCUT2D eigenvalue weighted by molar-refractivity contribution is 7.87. The fourth-order valence-electron chi connectivity index (χ4n) is 4.68. The molecule has 0 saturated carbocycles. The van der Waals surface area contributed by atoms with Gasteiger partial charge in [0, 0.05) is 5.56 Å². The number of aryl methyl sites for hydroxylation is 1. The van der Waals surface area contributed by atoms with Gasteiger partial charge in [-0.25, -0.2) is 0 Å². The number of phenols is 1. The van der Waals surface area contributed by atoms with Crippen molar-refractivity contribution in [3.63, 3.8) is 0 Å². The summed E-state index contributed by atoms with van der Waals surface area (Å²) >= 11 is 0. The lowest BCUT2D eigenvalue weighted by Crippen LogP contribution is -2.17. The first-order valence-corrected chi connectivity index (χ1v) is 14.9. The fraction of sp³-hybridized carbons (Fsp3) is 0.182. The Kier molecular flexibility index (Phi) is 8.77. The van der Waals surface area contributed by atoms with E-state index in [-0.39, 0.29) is 56.8 Å². The van der Waals surface area contributed by atoms with Crippen molar-refractivity contribution in [1.82, 2.24) is 0 Å². The molecule has 11 nitrogen and oxygen atoms in total. The second kappa shape index (κ2) is 12.7. The van der Waals surface area contributed by atoms with Crippen molar-refractivity contribution in [1.29, 1.82) is 0 Å². The average Bonchev–Trinajstić information content (AvgIpc) is 3.05. The third-order valence-corrected chi connectivity index (χ3v) is 8.15. The predicted molar refractivity (Wildman–Crippen MR) is 166 cm³/mol. The van der Waals surface area contributed by atoms with E-state index in [9.17, 15) is 18.3 Å². The van der Waals surface area contributed by atoms with Gasteiger partial charge in [-0.3, -0.25) is 4.79 Å². The quantitative estimate of drug-likeness (QED) is 0.175. The summed E-state index contributed by atoms with van der Waals surface area (Å²) in [6, 6.07) is 20.1. The molecule has 45 heavy (non-hydrogen) atoms. The van der Waals surface area contributed by atoms with Gasteiger partial charge in [0.2, 0.25) is 28.4 Å². The van der Waals surface area contributed by atoms with E-state index in [2.05, 4.69) is 0 Å². The number of ether oxygens (including phenoxy) is 5. The van der Waals surface area contributed by atoms with E-state index < -0.39 is 27.0 Å². The number of methoxy groups -OCH3 is 4. The molecule has 5 rings (SSSR count). The molecule has 12 heteroatoms. The van der Waals surface area contributed by atoms with Gasteiger partial charge < -0.3 is 37.4 Å². The molecule has 5 aromatic rings. The molecule has 0 saturated heterocycles. The van der Waals surface area contributed by atoms with E-state index in [0.717, 1.165) is 11.1 Å². The number of rotatable bonds is 11.